The predicted molar refractivity (Wildman–Crippen MR) is 123 cm³/mol. The molecule has 2 heterocycles. The molecule has 4 nitrogen and oxygen atoms in total. The molecule has 1 saturated heterocycles. The minimum Gasteiger partial charge on any atom is -0.369 e. The molecule has 0 amide bonds. The minimum absolute atomic E-state index is 0.500. The zero-order valence-corrected chi connectivity index (χ0v) is 18.3. The molecule has 31 heavy (non-hydrogen) atoms. The molecule has 1 aliphatic heterocycles. The fourth-order valence-corrected chi connectivity index (χ4v) is 4.55. The lowest BCUT2D eigenvalue weighted by atomic mass is 9.80. The minimum atomic E-state index is -0.808. The third kappa shape index (κ3) is 4.48. The summed E-state index contributed by atoms with van der Waals surface area (Å²) in [5.74, 6) is -0.500. The number of benzene rings is 2. The van der Waals surface area contributed by atoms with E-state index in [4.69, 9.17) is 4.74 Å². The first-order valence-corrected chi connectivity index (χ1v) is 11.0. The van der Waals surface area contributed by atoms with E-state index in [1.165, 1.54) is 23.5 Å². The van der Waals surface area contributed by atoms with Crippen molar-refractivity contribution in [3.05, 3.63) is 95.1 Å². The van der Waals surface area contributed by atoms with Gasteiger partial charge in [-0.3, -0.25) is 0 Å². The first kappa shape index (κ1) is 21.5. The number of aromatic nitrogens is 1. The van der Waals surface area contributed by atoms with E-state index in [0.717, 1.165) is 49.3 Å². The molecule has 5 heteroatoms. The second-order valence-corrected chi connectivity index (χ2v) is 7.99. The number of nitrogens with zero attached hydrogens (tertiary/aromatic N) is 2. The molecule has 162 valence electrons. The second-order valence-electron chi connectivity index (χ2n) is 7.99. The third-order valence-corrected chi connectivity index (χ3v) is 6.22. The molecule has 2 aromatic carbocycles. The Morgan fingerprint density at radius 1 is 1.03 bits per heavy atom. The zero-order chi connectivity index (χ0) is 21.7. The number of ether oxygens (including phenoxy) is 1. The Kier molecular flexibility index (Phi) is 6.64. The first-order valence-electron chi connectivity index (χ1n) is 11.0. The van der Waals surface area contributed by atoms with Crippen molar-refractivity contribution < 1.29 is 9.13 Å². The van der Waals surface area contributed by atoms with Gasteiger partial charge in [0.1, 0.15) is 5.60 Å². The molecule has 3 aromatic rings. The average Bonchev–Trinajstić information content (AvgIpc) is 2.83. The van der Waals surface area contributed by atoms with Crippen molar-refractivity contribution in [2.45, 2.75) is 25.4 Å². The fraction of sp³-hybridized carbons (Fsp3) is 0.346. The van der Waals surface area contributed by atoms with Gasteiger partial charge in [-0.1, -0.05) is 49.4 Å². The first-order chi connectivity index (χ1) is 15.2. The molecule has 1 aromatic heterocycles. The third-order valence-electron chi connectivity index (χ3n) is 6.22. The van der Waals surface area contributed by atoms with E-state index < -0.39 is 11.5 Å². The lowest BCUT2D eigenvalue weighted by Gasteiger charge is -2.36. The van der Waals surface area contributed by atoms with Gasteiger partial charge in [0.25, 0.3) is 0 Å². The van der Waals surface area contributed by atoms with E-state index in [-0.39, 0.29) is 0 Å². The Balaban J connectivity index is 1.82. The largest absolute Gasteiger partial charge is 0.369 e. The van der Waals surface area contributed by atoms with E-state index in [1.807, 2.05) is 24.3 Å². The highest BCUT2D eigenvalue weighted by atomic mass is 19.1. The summed E-state index contributed by atoms with van der Waals surface area (Å²) in [7, 11) is 1.71. The zero-order valence-electron chi connectivity index (χ0n) is 18.3. The number of aryl methyl sites for hydroxylation is 1. The number of pyridine rings is 1. The molecule has 0 spiro atoms. The Hall–Kier alpha value is -2.76. The van der Waals surface area contributed by atoms with Gasteiger partial charge in [0.15, 0.2) is 0 Å². The summed E-state index contributed by atoms with van der Waals surface area (Å²) in [5.41, 5.74) is 4.67. The van der Waals surface area contributed by atoms with Crippen LogP contribution in [0.4, 0.5) is 10.1 Å². The number of nitrogens with one attached hydrogen (secondary N) is 1. The SMILES string of the molecule is CCc1cc(C(Cc2ccccc2)(OC)c2ccnc(F)c2)ccc1N1CCNCC1. The van der Waals surface area contributed by atoms with E-state index in [1.54, 1.807) is 7.11 Å². The molecule has 0 saturated carbocycles. The molecule has 1 N–H and O–H groups in total. The molecule has 1 aliphatic rings. The number of piperazine rings is 1. The van der Waals surface area contributed by atoms with Crippen molar-refractivity contribution >= 4 is 5.69 Å². The van der Waals surface area contributed by atoms with Crippen LogP contribution in [0, 0.1) is 5.95 Å². The maximum Gasteiger partial charge on any atom is 0.213 e. The molecule has 0 aliphatic carbocycles. The van der Waals surface area contributed by atoms with Gasteiger partial charge in [-0.2, -0.15) is 4.39 Å². The summed E-state index contributed by atoms with van der Waals surface area (Å²) < 4.78 is 20.4. The number of rotatable bonds is 7. The van der Waals surface area contributed by atoms with Crippen molar-refractivity contribution in [1.29, 1.82) is 0 Å². The van der Waals surface area contributed by atoms with Gasteiger partial charge in [-0.15, -0.1) is 0 Å². The Labute approximate surface area is 184 Å². The molecule has 4 rings (SSSR count). The molecule has 0 radical (unpaired) electrons. The smallest absolute Gasteiger partial charge is 0.213 e. The number of methoxy groups -OCH3 is 1. The van der Waals surface area contributed by atoms with Crippen LogP contribution in [-0.2, 0) is 23.2 Å². The van der Waals surface area contributed by atoms with Crippen molar-refractivity contribution in [3.8, 4) is 0 Å². The topological polar surface area (TPSA) is 37.4 Å². The van der Waals surface area contributed by atoms with Crippen LogP contribution >= 0.6 is 0 Å². The highest BCUT2D eigenvalue weighted by Crippen LogP contribution is 2.39. The summed E-state index contributed by atoms with van der Waals surface area (Å²) in [6.07, 6.45) is 3.03. The quantitative estimate of drug-likeness (QED) is 0.579. The van der Waals surface area contributed by atoms with E-state index in [0.29, 0.717) is 6.42 Å². The molecular formula is C26H30FN3O. The monoisotopic (exact) mass is 419 g/mol. The average molecular weight is 420 g/mol. The van der Waals surface area contributed by atoms with Crippen molar-refractivity contribution in [3.63, 3.8) is 0 Å². The summed E-state index contributed by atoms with van der Waals surface area (Å²) in [6, 6.07) is 20.1. The predicted octanol–water partition coefficient (Wildman–Crippen LogP) is 4.33. The standard InChI is InChI=1S/C26H30FN3O/c1-3-21-17-22(9-10-24(21)30-15-13-28-14-16-30)26(31-2,19-20-7-5-4-6-8-20)23-11-12-29-25(27)18-23/h4-12,17-18,28H,3,13-16,19H2,1-2H3. The van der Waals surface area contributed by atoms with Crippen LogP contribution in [0.3, 0.4) is 0 Å². The van der Waals surface area contributed by atoms with Gasteiger partial charge < -0.3 is 15.0 Å². The molecule has 1 fully saturated rings. The summed E-state index contributed by atoms with van der Waals surface area (Å²) in [6.45, 7) is 6.18. The fourth-order valence-electron chi connectivity index (χ4n) is 4.55. The van der Waals surface area contributed by atoms with Crippen LogP contribution in [0.15, 0.2) is 66.9 Å². The molecule has 0 bridgehead atoms. The number of anilines is 1. The number of halogens is 1. The number of hydrogen-bond donors (Lipinski definition) is 1. The van der Waals surface area contributed by atoms with Gasteiger partial charge in [-0.05, 0) is 46.9 Å². The summed E-state index contributed by atoms with van der Waals surface area (Å²) >= 11 is 0. The van der Waals surface area contributed by atoms with Crippen LogP contribution in [-0.4, -0.2) is 38.3 Å². The van der Waals surface area contributed by atoms with E-state index in [2.05, 4.69) is 52.5 Å². The van der Waals surface area contributed by atoms with Crippen LogP contribution in [0.1, 0.15) is 29.2 Å². The van der Waals surface area contributed by atoms with Crippen LogP contribution < -0.4 is 10.2 Å². The van der Waals surface area contributed by atoms with Crippen LogP contribution in [0.2, 0.25) is 0 Å². The van der Waals surface area contributed by atoms with E-state index in [9.17, 15) is 4.39 Å². The number of hydrogen-bond acceptors (Lipinski definition) is 4. The lowest BCUT2D eigenvalue weighted by Crippen LogP contribution is -2.44. The Morgan fingerprint density at radius 3 is 2.45 bits per heavy atom. The van der Waals surface area contributed by atoms with Crippen molar-refractivity contribution in [2.24, 2.45) is 0 Å². The maximum absolute atomic E-state index is 14.2. The normalized spacial score (nSPS) is 16.2. The molecule has 1 atom stereocenters. The highest BCUT2D eigenvalue weighted by molar-refractivity contribution is 5.57. The second kappa shape index (κ2) is 9.58. The van der Waals surface area contributed by atoms with Gasteiger partial charge in [0, 0.05) is 51.6 Å². The van der Waals surface area contributed by atoms with Gasteiger partial charge >= 0.3 is 0 Å². The van der Waals surface area contributed by atoms with Crippen molar-refractivity contribution in [1.82, 2.24) is 10.3 Å². The molecule has 1 unspecified atom stereocenters. The van der Waals surface area contributed by atoms with Crippen molar-refractivity contribution in [2.75, 3.05) is 38.2 Å². The highest BCUT2D eigenvalue weighted by Gasteiger charge is 2.36. The maximum atomic E-state index is 14.2. The lowest BCUT2D eigenvalue weighted by molar-refractivity contribution is 0.0218. The van der Waals surface area contributed by atoms with Crippen LogP contribution in [0.5, 0.6) is 0 Å². The van der Waals surface area contributed by atoms with Gasteiger partial charge in [0.2, 0.25) is 5.95 Å². The molecular weight excluding hydrogens is 389 g/mol. The summed E-state index contributed by atoms with van der Waals surface area (Å²) in [5, 5.41) is 3.42. The van der Waals surface area contributed by atoms with Gasteiger partial charge in [0.05, 0.1) is 0 Å². The van der Waals surface area contributed by atoms with Crippen LogP contribution in [0.25, 0.3) is 0 Å². The van der Waals surface area contributed by atoms with Gasteiger partial charge in [-0.25, -0.2) is 4.98 Å². The Morgan fingerprint density at radius 2 is 1.77 bits per heavy atom. The Bertz CT molecular complexity index is 1000. The summed E-state index contributed by atoms with van der Waals surface area (Å²) in [4.78, 5) is 6.20. The van der Waals surface area contributed by atoms with E-state index >= 15 is 0 Å².